The Labute approximate surface area is 170 Å². The van der Waals surface area contributed by atoms with Crippen molar-refractivity contribution in [2.75, 3.05) is 17.2 Å². The first-order chi connectivity index (χ1) is 14.1. The van der Waals surface area contributed by atoms with Crippen LogP contribution in [0, 0.1) is 6.92 Å². The molecule has 2 aromatic carbocycles. The molecule has 0 radical (unpaired) electrons. The Balaban J connectivity index is 1.64. The van der Waals surface area contributed by atoms with Gasteiger partial charge in [0.25, 0.3) is 0 Å². The SMILES string of the molecule is CCCC(=O)Nc1cccc(NCc2nc(-c3ccc(OCC)cc3)no2)c1C. The lowest BCUT2D eigenvalue weighted by atomic mass is 10.1. The van der Waals surface area contributed by atoms with Gasteiger partial charge in [-0.3, -0.25) is 4.79 Å². The quantitative estimate of drug-likeness (QED) is 0.542. The van der Waals surface area contributed by atoms with Gasteiger partial charge in [0.15, 0.2) is 0 Å². The summed E-state index contributed by atoms with van der Waals surface area (Å²) < 4.78 is 10.8. The molecule has 0 atom stereocenters. The summed E-state index contributed by atoms with van der Waals surface area (Å²) in [6.07, 6.45) is 1.32. The summed E-state index contributed by atoms with van der Waals surface area (Å²) in [4.78, 5) is 16.3. The monoisotopic (exact) mass is 394 g/mol. The first-order valence-electron chi connectivity index (χ1n) is 9.79. The van der Waals surface area contributed by atoms with E-state index in [0.717, 1.165) is 34.7 Å². The zero-order chi connectivity index (χ0) is 20.6. The molecule has 0 saturated heterocycles. The summed E-state index contributed by atoms with van der Waals surface area (Å²) in [5.41, 5.74) is 3.53. The Bertz CT molecular complexity index is 951. The van der Waals surface area contributed by atoms with Crippen LogP contribution >= 0.6 is 0 Å². The van der Waals surface area contributed by atoms with Crippen LogP contribution in [0.15, 0.2) is 47.0 Å². The minimum absolute atomic E-state index is 0.0182. The van der Waals surface area contributed by atoms with Gasteiger partial charge in [-0.15, -0.1) is 0 Å². The Hall–Kier alpha value is -3.35. The van der Waals surface area contributed by atoms with Crippen molar-refractivity contribution in [3.63, 3.8) is 0 Å². The highest BCUT2D eigenvalue weighted by atomic mass is 16.5. The molecule has 152 valence electrons. The van der Waals surface area contributed by atoms with Crippen LogP contribution in [0.25, 0.3) is 11.4 Å². The number of hydrogen-bond acceptors (Lipinski definition) is 6. The number of carbonyl (C=O) groups excluding carboxylic acids is 1. The van der Waals surface area contributed by atoms with Gasteiger partial charge in [0.05, 0.1) is 13.2 Å². The van der Waals surface area contributed by atoms with Crippen molar-refractivity contribution >= 4 is 17.3 Å². The molecule has 3 aromatic rings. The molecule has 1 aromatic heterocycles. The van der Waals surface area contributed by atoms with Crippen molar-refractivity contribution in [1.29, 1.82) is 0 Å². The number of hydrogen-bond donors (Lipinski definition) is 2. The minimum atomic E-state index is 0.0182. The van der Waals surface area contributed by atoms with Crippen LogP contribution in [0.4, 0.5) is 11.4 Å². The highest BCUT2D eigenvalue weighted by molar-refractivity contribution is 5.92. The molecule has 2 N–H and O–H groups in total. The van der Waals surface area contributed by atoms with Gasteiger partial charge in [-0.1, -0.05) is 18.1 Å². The van der Waals surface area contributed by atoms with E-state index < -0.39 is 0 Å². The van der Waals surface area contributed by atoms with Gasteiger partial charge in [-0.25, -0.2) is 0 Å². The number of anilines is 2. The second-order valence-electron chi connectivity index (χ2n) is 6.60. The molecule has 0 fully saturated rings. The lowest BCUT2D eigenvalue weighted by Crippen LogP contribution is -2.12. The Morgan fingerprint density at radius 3 is 2.59 bits per heavy atom. The number of nitrogens with one attached hydrogen (secondary N) is 2. The smallest absolute Gasteiger partial charge is 0.246 e. The molecule has 7 nitrogen and oxygen atoms in total. The molecule has 29 heavy (non-hydrogen) atoms. The topological polar surface area (TPSA) is 89.3 Å². The first kappa shape index (κ1) is 20.4. The van der Waals surface area contributed by atoms with E-state index in [2.05, 4.69) is 20.8 Å². The number of rotatable bonds is 9. The predicted octanol–water partition coefficient (Wildman–Crippen LogP) is 4.79. The number of benzene rings is 2. The molecular weight excluding hydrogens is 368 g/mol. The molecule has 3 rings (SSSR count). The fourth-order valence-corrected chi connectivity index (χ4v) is 2.88. The van der Waals surface area contributed by atoms with Gasteiger partial charge in [-0.05, 0) is 62.2 Å². The molecule has 7 heteroatoms. The maximum Gasteiger partial charge on any atom is 0.246 e. The van der Waals surface area contributed by atoms with Gasteiger partial charge < -0.3 is 19.9 Å². The van der Waals surface area contributed by atoms with Gasteiger partial charge in [0, 0.05) is 23.4 Å². The Morgan fingerprint density at radius 1 is 1.10 bits per heavy atom. The fraction of sp³-hybridized carbons (Fsp3) is 0.318. The van der Waals surface area contributed by atoms with Gasteiger partial charge in [0.2, 0.25) is 17.6 Å². The molecule has 0 spiro atoms. The maximum atomic E-state index is 11.9. The van der Waals surface area contributed by atoms with E-state index in [-0.39, 0.29) is 5.91 Å². The molecule has 0 aliphatic heterocycles. The largest absolute Gasteiger partial charge is 0.494 e. The average Bonchev–Trinajstić information content (AvgIpc) is 3.19. The van der Waals surface area contributed by atoms with Crippen LogP contribution in [-0.2, 0) is 11.3 Å². The second kappa shape index (κ2) is 9.73. The minimum Gasteiger partial charge on any atom is -0.494 e. The maximum absolute atomic E-state index is 11.9. The predicted molar refractivity (Wildman–Crippen MR) is 113 cm³/mol. The van der Waals surface area contributed by atoms with Crippen molar-refractivity contribution in [3.8, 4) is 17.1 Å². The third kappa shape index (κ3) is 5.34. The standard InChI is InChI=1S/C22H26N4O3/c1-4-7-20(27)24-19-9-6-8-18(15(19)3)23-14-21-25-22(26-29-21)16-10-12-17(13-11-16)28-5-2/h6,8-13,23H,4-5,7,14H2,1-3H3,(H,24,27). The summed E-state index contributed by atoms with van der Waals surface area (Å²) >= 11 is 0. The lowest BCUT2D eigenvalue weighted by molar-refractivity contribution is -0.116. The van der Waals surface area contributed by atoms with E-state index in [4.69, 9.17) is 9.26 Å². The van der Waals surface area contributed by atoms with E-state index in [1.54, 1.807) is 0 Å². The molecule has 0 aliphatic carbocycles. The van der Waals surface area contributed by atoms with Crippen molar-refractivity contribution < 1.29 is 14.1 Å². The summed E-state index contributed by atoms with van der Waals surface area (Å²) in [6.45, 7) is 6.90. The van der Waals surface area contributed by atoms with Crippen LogP contribution in [-0.4, -0.2) is 22.7 Å². The van der Waals surface area contributed by atoms with Crippen molar-refractivity contribution in [1.82, 2.24) is 10.1 Å². The zero-order valence-electron chi connectivity index (χ0n) is 17.0. The highest BCUT2D eigenvalue weighted by Crippen LogP contribution is 2.25. The van der Waals surface area contributed by atoms with Crippen LogP contribution in [0.1, 0.15) is 38.1 Å². The number of carbonyl (C=O) groups is 1. The second-order valence-corrected chi connectivity index (χ2v) is 6.60. The number of ether oxygens (including phenoxy) is 1. The van der Waals surface area contributed by atoms with Crippen LogP contribution < -0.4 is 15.4 Å². The van der Waals surface area contributed by atoms with Crippen molar-refractivity contribution in [2.45, 2.75) is 40.2 Å². The van der Waals surface area contributed by atoms with E-state index in [1.807, 2.05) is 63.2 Å². The van der Waals surface area contributed by atoms with E-state index >= 15 is 0 Å². The summed E-state index contributed by atoms with van der Waals surface area (Å²) in [5.74, 6) is 1.84. The number of amides is 1. The molecule has 1 heterocycles. The first-order valence-corrected chi connectivity index (χ1v) is 9.79. The zero-order valence-corrected chi connectivity index (χ0v) is 17.0. The van der Waals surface area contributed by atoms with Gasteiger partial charge in [0.1, 0.15) is 5.75 Å². The van der Waals surface area contributed by atoms with E-state index in [1.165, 1.54) is 0 Å². The van der Waals surface area contributed by atoms with E-state index in [0.29, 0.717) is 31.3 Å². The molecule has 1 amide bonds. The third-order valence-electron chi connectivity index (χ3n) is 4.41. The lowest BCUT2D eigenvalue weighted by Gasteiger charge is -2.13. The molecule has 0 saturated carbocycles. The van der Waals surface area contributed by atoms with Gasteiger partial charge >= 0.3 is 0 Å². The van der Waals surface area contributed by atoms with Crippen molar-refractivity contribution in [3.05, 3.63) is 53.9 Å². The molecule has 0 bridgehead atoms. The number of aromatic nitrogens is 2. The van der Waals surface area contributed by atoms with Crippen LogP contribution in [0.5, 0.6) is 5.75 Å². The van der Waals surface area contributed by atoms with Gasteiger partial charge in [-0.2, -0.15) is 4.98 Å². The summed E-state index contributed by atoms with van der Waals surface area (Å²) in [7, 11) is 0. The Morgan fingerprint density at radius 2 is 1.86 bits per heavy atom. The third-order valence-corrected chi connectivity index (χ3v) is 4.41. The fourth-order valence-electron chi connectivity index (χ4n) is 2.88. The van der Waals surface area contributed by atoms with Crippen molar-refractivity contribution in [2.24, 2.45) is 0 Å². The average molecular weight is 394 g/mol. The molecule has 0 aliphatic rings. The summed E-state index contributed by atoms with van der Waals surface area (Å²) in [6, 6.07) is 13.3. The number of nitrogens with zero attached hydrogens (tertiary/aromatic N) is 2. The normalized spacial score (nSPS) is 10.6. The summed E-state index contributed by atoms with van der Waals surface area (Å²) in [5, 5.41) is 10.3. The van der Waals surface area contributed by atoms with E-state index in [9.17, 15) is 4.79 Å². The molecule has 0 unspecified atom stereocenters. The van der Waals surface area contributed by atoms with Crippen LogP contribution in [0.2, 0.25) is 0 Å². The Kier molecular flexibility index (Phi) is 6.84. The molecular formula is C22H26N4O3. The van der Waals surface area contributed by atoms with Crippen LogP contribution in [0.3, 0.4) is 0 Å². The highest BCUT2D eigenvalue weighted by Gasteiger charge is 2.11.